The van der Waals surface area contributed by atoms with Crippen LogP contribution in [0, 0.1) is 0 Å². The van der Waals surface area contributed by atoms with E-state index in [0.717, 1.165) is 16.7 Å². The highest BCUT2D eigenvalue weighted by atomic mass is 16.5. The minimum absolute atomic E-state index is 0.0449. The van der Waals surface area contributed by atoms with E-state index < -0.39 is 0 Å². The molecule has 0 atom stereocenters. The smallest absolute Gasteiger partial charge is 0.185 e. The van der Waals surface area contributed by atoms with Crippen LogP contribution in [0.3, 0.4) is 0 Å². The first-order valence-corrected chi connectivity index (χ1v) is 7.04. The van der Waals surface area contributed by atoms with Crippen LogP contribution in [-0.2, 0) is 4.79 Å². The Morgan fingerprint density at radius 3 is 2.64 bits per heavy atom. The highest BCUT2D eigenvalue weighted by molar-refractivity contribution is 6.15. The lowest BCUT2D eigenvalue weighted by Crippen LogP contribution is -1.95. The lowest BCUT2D eigenvalue weighted by Gasteiger charge is -2.04. The fraction of sp³-hybridized carbons (Fsp3) is 0.167. The van der Waals surface area contributed by atoms with Gasteiger partial charge in [-0.2, -0.15) is 0 Å². The third-order valence-corrected chi connectivity index (χ3v) is 3.65. The fourth-order valence-corrected chi connectivity index (χ4v) is 2.51. The molecule has 0 saturated heterocycles. The number of Topliss-reactive ketones (excluding diaryl/α,β-unsaturated/α-hetero) is 1. The van der Waals surface area contributed by atoms with E-state index in [1.54, 1.807) is 36.6 Å². The van der Waals surface area contributed by atoms with Crippen molar-refractivity contribution >= 4 is 17.9 Å². The molecule has 1 N–H and O–H groups in total. The molecule has 1 aliphatic carbocycles. The number of benzene rings is 1. The van der Waals surface area contributed by atoms with Crippen molar-refractivity contribution in [3.8, 4) is 11.5 Å². The number of carbonyl (C=O) groups excluding carboxylic acids is 1. The van der Waals surface area contributed by atoms with Crippen LogP contribution in [0.2, 0.25) is 0 Å². The van der Waals surface area contributed by atoms with E-state index in [-0.39, 0.29) is 11.5 Å². The molecule has 112 valence electrons. The minimum atomic E-state index is 0.0449. The van der Waals surface area contributed by atoms with Gasteiger partial charge in [0, 0.05) is 11.1 Å². The van der Waals surface area contributed by atoms with Crippen molar-refractivity contribution in [2.45, 2.75) is 12.8 Å². The van der Waals surface area contributed by atoms with Crippen LogP contribution in [0.15, 0.2) is 52.2 Å². The van der Waals surface area contributed by atoms with Crippen LogP contribution in [0.4, 0.5) is 0 Å². The molecule has 1 aromatic heterocycles. The van der Waals surface area contributed by atoms with E-state index >= 15 is 0 Å². The number of methoxy groups -OCH3 is 1. The SMILES string of the molecule is COc1cc(/C=C2\CC/C(=C\c3ccco3)C2=O)ccc1O. The summed E-state index contributed by atoms with van der Waals surface area (Å²) < 4.78 is 10.3. The summed E-state index contributed by atoms with van der Waals surface area (Å²) in [6.45, 7) is 0. The number of ketones is 1. The summed E-state index contributed by atoms with van der Waals surface area (Å²) in [6, 6.07) is 8.65. The average Bonchev–Trinajstić information content (AvgIpc) is 3.14. The highest BCUT2D eigenvalue weighted by Crippen LogP contribution is 2.32. The van der Waals surface area contributed by atoms with Gasteiger partial charge in [-0.15, -0.1) is 0 Å². The van der Waals surface area contributed by atoms with Crippen molar-refractivity contribution in [3.63, 3.8) is 0 Å². The Labute approximate surface area is 128 Å². The van der Waals surface area contributed by atoms with Gasteiger partial charge in [-0.25, -0.2) is 0 Å². The van der Waals surface area contributed by atoms with Gasteiger partial charge in [0.05, 0.1) is 13.4 Å². The van der Waals surface area contributed by atoms with Gasteiger partial charge < -0.3 is 14.3 Å². The molecule has 1 fully saturated rings. The molecule has 0 unspecified atom stereocenters. The Bertz CT molecular complexity index is 751. The Morgan fingerprint density at radius 1 is 1.18 bits per heavy atom. The maximum atomic E-state index is 12.4. The van der Waals surface area contributed by atoms with E-state index in [2.05, 4.69) is 0 Å². The van der Waals surface area contributed by atoms with Gasteiger partial charge >= 0.3 is 0 Å². The molecule has 0 radical (unpaired) electrons. The number of aromatic hydroxyl groups is 1. The predicted molar refractivity (Wildman–Crippen MR) is 83.6 cm³/mol. The second-order valence-electron chi connectivity index (χ2n) is 5.11. The van der Waals surface area contributed by atoms with Crippen molar-refractivity contribution in [2.75, 3.05) is 7.11 Å². The summed E-state index contributed by atoms with van der Waals surface area (Å²) in [7, 11) is 1.50. The molecule has 1 heterocycles. The van der Waals surface area contributed by atoms with Crippen molar-refractivity contribution in [1.29, 1.82) is 0 Å². The monoisotopic (exact) mass is 296 g/mol. The third kappa shape index (κ3) is 2.81. The number of ether oxygens (including phenoxy) is 1. The van der Waals surface area contributed by atoms with Gasteiger partial charge in [0.2, 0.25) is 0 Å². The van der Waals surface area contributed by atoms with E-state index in [1.807, 2.05) is 12.1 Å². The quantitative estimate of drug-likeness (QED) is 0.875. The number of carbonyl (C=O) groups is 1. The molecule has 0 bridgehead atoms. The van der Waals surface area contributed by atoms with Gasteiger partial charge in [-0.1, -0.05) is 6.07 Å². The molecular formula is C18H16O4. The summed E-state index contributed by atoms with van der Waals surface area (Å²) in [5, 5.41) is 9.60. The number of hydrogen-bond donors (Lipinski definition) is 1. The number of hydrogen-bond acceptors (Lipinski definition) is 4. The molecule has 0 amide bonds. The molecule has 3 rings (SSSR count). The van der Waals surface area contributed by atoms with Crippen LogP contribution < -0.4 is 4.74 Å². The lowest BCUT2D eigenvalue weighted by atomic mass is 10.1. The van der Waals surface area contributed by atoms with Crippen molar-refractivity contribution in [2.24, 2.45) is 0 Å². The average molecular weight is 296 g/mol. The van der Waals surface area contributed by atoms with Crippen LogP contribution >= 0.6 is 0 Å². The highest BCUT2D eigenvalue weighted by Gasteiger charge is 2.23. The molecule has 1 aliphatic rings. The molecule has 1 saturated carbocycles. The maximum Gasteiger partial charge on any atom is 0.185 e. The maximum absolute atomic E-state index is 12.4. The second kappa shape index (κ2) is 5.93. The van der Waals surface area contributed by atoms with Crippen LogP contribution in [0.5, 0.6) is 11.5 Å². The largest absolute Gasteiger partial charge is 0.504 e. The predicted octanol–water partition coefficient (Wildman–Crippen LogP) is 3.82. The van der Waals surface area contributed by atoms with Gasteiger partial charge in [0.25, 0.3) is 0 Å². The number of phenols is 1. The molecule has 2 aromatic rings. The number of phenolic OH excluding ortho intramolecular Hbond substituents is 1. The molecular weight excluding hydrogens is 280 g/mol. The van der Waals surface area contributed by atoms with Crippen LogP contribution in [-0.4, -0.2) is 18.0 Å². The van der Waals surface area contributed by atoms with Crippen LogP contribution in [0.25, 0.3) is 12.2 Å². The molecule has 4 nitrogen and oxygen atoms in total. The van der Waals surface area contributed by atoms with Gasteiger partial charge in [0.15, 0.2) is 17.3 Å². The number of allylic oxidation sites excluding steroid dienone is 2. The van der Waals surface area contributed by atoms with Crippen LogP contribution in [0.1, 0.15) is 24.2 Å². The Morgan fingerprint density at radius 2 is 1.95 bits per heavy atom. The summed E-state index contributed by atoms with van der Waals surface area (Å²) >= 11 is 0. The molecule has 22 heavy (non-hydrogen) atoms. The standard InChI is InChI=1S/C18H16O4/c1-21-17-10-12(4-7-16(17)19)9-13-5-6-14(18(13)20)11-15-3-2-8-22-15/h2-4,7-11,19H,5-6H2,1H3/b13-9+,14-11+. The summed E-state index contributed by atoms with van der Waals surface area (Å²) in [6.07, 6.45) is 6.63. The van der Waals surface area contributed by atoms with E-state index in [9.17, 15) is 9.90 Å². The first kappa shape index (κ1) is 14.2. The van der Waals surface area contributed by atoms with Gasteiger partial charge in [-0.05, 0) is 54.8 Å². The normalized spacial score (nSPS) is 18.3. The van der Waals surface area contributed by atoms with E-state index in [1.165, 1.54) is 7.11 Å². The molecule has 1 aromatic carbocycles. The third-order valence-electron chi connectivity index (χ3n) is 3.65. The first-order chi connectivity index (χ1) is 10.7. The van der Waals surface area contributed by atoms with E-state index in [4.69, 9.17) is 9.15 Å². The fourth-order valence-electron chi connectivity index (χ4n) is 2.51. The summed E-state index contributed by atoms with van der Waals surface area (Å²) in [5.41, 5.74) is 2.34. The van der Waals surface area contributed by atoms with Gasteiger partial charge in [0.1, 0.15) is 5.76 Å². The lowest BCUT2D eigenvalue weighted by molar-refractivity contribution is -0.111. The van der Waals surface area contributed by atoms with Crippen molar-refractivity contribution in [1.82, 2.24) is 0 Å². The van der Waals surface area contributed by atoms with E-state index in [0.29, 0.717) is 24.4 Å². The first-order valence-electron chi connectivity index (χ1n) is 7.04. The summed E-state index contributed by atoms with van der Waals surface area (Å²) in [4.78, 5) is 12.4. The Kier molecular flexibility index (Phi) is 3.83. The number of furan rings is 1. The van der Waals surface area contributed by atoms with Crippen molar-refractivity contribution < 1.29 is 19.1 Å². The Balaban J connectivity index is 1.86. The second-order valence-corrected chi connectivity index (χ2v) is 5.11. The summed E-state index contributed by atoms with van der Waals surface area (Å²) in [5.74, 6) is 1.21. The zero-order valence-corrected chi connectivity index (χ0v) is 12.2. The minimum Gasteiger partial charge on any atom is -0.504 e. The molecule has 0 aliphatic heterocycles. The van der Waals surface area contributed by atoms with Gasteiger partial charge in [-0.3, -0.25) is 4.79 Å². The zero-order valence-electron chi connectivity index (χ0n) is 12.2. The molecule has 4 heteroatoms. The number of rotatable bonds is 3. The zero-order chi connectivity index (χ0) is 15.5. The Hall–Kier alpha value is -2.75. The topological polar surface area (TPSA) is 59.7 Å². The van der Waals surface area contributed by atoms with Crippen molar-refractivity contribution in [3.05, 3.63) is 59.1 Å². The molecule has 0 spiro atoms.